The van der Waals surface area contributed by atoms with Gasteiger partial charge in [-0.15, -0.1) is 0 Å². The van der Waals surface area contributed by atoms with Gasteiger partial charge in [0.05, 0.1) is 46.7 Å². The number of pyridine rings is 1. The van der Waals surface area contributed by atoms with Crippen molar-refractivity contribution in [2.24, 2.45) is 0 Å². The molecule has 0 unspecified atom stereocenters. The topological polar surface area (TPSA) is 169 Å². The Morgan fingerprint density at radius 3 is 0.870 bits per heavy atom. The van der Waals surface area contributed by atoms with Gasteiger partial charge < -0.3 is 30.2 Å². The summed E-state index contributed by atoms with van der Waals surface area (Å²) in [5.74, 6) is -4.23. The highest BCUT2D eigenvalue weighted by Gasteiger charge is 2.17. The van der Waals surface area contributed by atoms with Crippen LogP contribution in [0.25, 0.3) is 0 Å². The molecule has 0 atom stereocenters. The van der Waals surface area contributed by atoms with Crippen molar-refractivity contribution in [2.75, 3.05) is 9.80 Å². The van der Waals surface area contributed by atoms with Crippen LogP contribution in [0.1, 0.15) is 52.8 Å². The molecule has 0 spiro atoms. The van der Waals surface area contributed by atoms with E-state index in [0.717, 1.165) is 0 Å². The molecular weight excluding hydrogens is 590 g/mol. The summed E-state index contributed by atoms with van der Waals surface area (Å²) in [5.41, 5.74) is 4.47. The lowest BCUT2D eigenvalue weighted by molar-refractivity contribution is 0.0686. The fourth-order valence-electron chi connectivity index (χ4n) is 4.83. The van der Waals surface area contributed by atoms with Crippen molar-refractivity contribution in [3.05, 3.63) is 149 Å². The number of carboxylic acids is 4. The minimum Gasteiger partial charge on any atom is -0.478 e. The molecule has 0 radical (unpaired) electrons. The second-order valence-corrected chi connectivity index (χ2v) is 10.2. The van der Waals surface area contributed by atoms with Crippen molar-refractivity contribution in [1.82, 2.24) is 4.98 Å². The highest BCUT2D eigenvalue weighted by Crippen LogP contribution is 2.30. The summed E-state index contributed by atoms with van der Waals surface area (Å²) in [7, 11) is 0. The molecule has 0 aliphatic carbocycles. The number of carbonyl (C=O) groups is 4. The molecule has 0 fully saturated rings. The Morgan fingerprint density at radius 1 is 0.413 bits per heavy atom. The summed E-state index contributed by atoms with van der Waals surface area (Å²) in [4.78, 5) is 54.4. The van der Waals surface area contributed by atoms with Gasteiger partial charge in [-0.1, -0.05) is 6.07 Å². The Morgan fingerprint density at radius 2 is 0.652 bits per heavy atom. The third-order valence-corrected chi connectivity index (χ3v) is 7.21. The first-order valence-electron chi connectivity index (χ1n) is 13.9. The van der Waals surface area contributed by atoms with E-state index in [4.69, 9.17) is 4.98 Å². The largest absolute Gasteiger partial charge is 0.478 e. The zero-order valence-electron chi connectivity index (χ0n) is 24.1. The molecule has 1 aromatic heterocycles. The fraction of sp³-hybridized carbons (Fsp3) is 0.0571. The number of hydrogen-bond acceptors (Lipinski definition) is 7. The molecule has 0 bridgehead atoms. The summed E-state index contributed by atoms with van der Waals surface area (Å²) < 4.78 is 0. The molecule has 5 rings (SSSR count). The third kappa shape index (κ3) is 7.17. The first kappa shape index (κ1) is 31.0. The smallest absolute Gasteiger partial charge is 0.335 e. The Balaban J connectivity index is 1.48. The van der Waals surface area contributed by atoms with E-state index in [-0.39, 0.29) is 35.3 Å². The van der Waals surface area contributed by atoms with Crippen LogP contribution in [0.3, 0.4) is 0 Å². The van der Waals surface area contributed by atoms with Gasteiger partial charge >= 0.3 is 23.9 Å². The van der Waals surface area contributed by atoms with Gasteiger partial charge in [0, 0.05) is 22.7 Å². The van der Waals surface area contributed by atoms with Crippen molar-refractivity contribution in [2.45, 2.75) is 13.1 Å². The maximum Gasteiger partial charge on any atom is 0.335 e. The van der Waals surface area contributed by atoms with Crippen LogP contribution >= 0.6 is 0 Å². The summed E-state index contributed by atoms with van der Waals surface area (Å²) in [5, 5.41) is 37.4. The van der Waals surface area contributed by atoms with Crippen molar-refractivity contribution in [3.63, 3.8) is 0 Å². The number of carboxylic acid groups (broad SMARTS) is 4. The Bertz CT molecular complexity index is 1640. The molecule has 1 heterocycles. The lowest BCUT2D eigenvalue weighted by Gasteiger charge is -2.27. The number of anilines is 4. The van der Waals surface area contributed by atoms with Crippen molar-refractivity contribution < 1.29 is 39.6 Å². The molecule has 11 heteroatoms. The van der Waals surface area contributed by atoms with Crippen LogP contribution in [0.4, 0.5) is 22.7 Å². The number of rotatable bonds is 12. The first-order valence-corrected chi connectivity index (χ1v) is 13.9. The van der Waals surface area contributed by atoms with Crippen molar-refractivity contribution >= 4 is 46.6 Å². The normalized spacial score (nSPS) is 10.6. The van der Waals surface area contributed by atoms with Gasteiger partial charge in [-0.3, -0.25) is 4.98 Å². The molecule has 0 aliphatic heterocycles. The van der Waals surface area contributed by atoms with E-state index in [1.54, 1.807) is 48.5 Å². The number of aromatic nitrogens is 1. The first-order chi connectivity index (χ1) is 22.1. The van der Waals surface area contributed by atoms with E-state index >= 15 is 0 Å². The molecular formula is C35H27N3O8. The molecule has 230 valence electrons. The van der Waals surface area contributed by atoms with Crippen molar-refractivity contribution in [3.8, 4) is 0 Å². The lowest BCUT2D eigenvalue weighted by atomic mass is 10.1. The van der Waals surface area contributed by atoms with Crippen LogP contribution < -0.4 is 9.80 Å². The van der Waals surface area contributed by atoms with Crippen LogP contribution in [-0.2, 0) is 13.1 Å². The number of hydrogen-bond donors (Lipinski definition) is 4. The predicted octanol–water partition coefficient (Wildman–Crippen LogP) is 6.55. The number of aromatic carboxylic acids is 4. The van der Waals surface area contributed by atoms with E-state index in [2.05, 4.69) is 0 Å². The van der Waals surface area contributed by atoms with E-state index in [0.29, 0.717) is 34.1 Å². The molecule has 46 heavy (non-hydrogen) atoms. The molecule has 0 saturated carbocycles. The van der Waals surface area contributed by atoms with Gasteiger partial charge in [-0.05, 0) is 109 Å². The molecule has 0 saturated heterocycles. The third-order valence-electron chi connectivity index (χ3n) is 7.21. The van der Waals surface area contributed by atoms with E-state index in [1.165, 1.54) is 48.5 Å². The monoisotopic (exact) mass is 617 g/mol. The number of benzene rings is 4. The minimum absolute atomic E-state index is 0.123. The van der Waals surface area contributed by atoms with Crippen LogP contribution in [0, 0.1) is 0 Å². The Labute approximate surface area is 262 Å². The zero-order chi connectivity index (χ0) is 32.8. The summed E-state index contributed by atoms with van der Waals surface area (Å²) in [6, 6.07) is 30.8. The Hall–Kier alpha value is -6.49. The molecule has 11 nitrogen and oxygen atoms in total. The van der Waals surface area contributed by atoms with Gasteiger partial charge in [0.25, 0.3) is 0 Å². The van der Waals surface area contributed by atoms with Crippen LogP contribution in [0.15, 0.2) is 115 Å². The maximum atomic E-state index is 11.4. The average Bonchev–Trinajstić information content (AvgIpc) is 3.06. The minimum atomic E-state index is -1.06. The van der Waals surface area contributed by atoms with Crippen LogP contribution in [0.5, 0.6) is 0 Å². The highest BCUT2D eigenvalue weighted by atomic mass is 16.4. The van der Waals surface area contributed by atoms with Crippen LogP contribution in [-0.4, -0.2) is 49.3 Å². The van der Waals surface area contributed by atoms with E-state index in [1.807, 2.05) is 28.0 Å². The Kier molecular flexibility index (Phi) is 9.04. The summed E-state index contributed by atoms with van der Waals surface area (Å²) >= 11 is 0. The predicted molar refractivity (Wildman–Crippen MR) is 170 cm³/mol. The molecule has 5 aromatic rings. The van der Waals surface area contributed by atoms with Crippen LogP contribution in [0.2, 0.25) is 0 Å². The number of nitrogens with zero attached hydrogens (tertiary/aromatic N) is 3. The lowest BCUT2D eigenvalue weighted by Crippen LogP contribution is -2.20. The summed E-state index contributed by atoms with van der Waals surface area (Å²) in [6.07, 6.45) is 0. The fourth-order valence-corrected chi connectivity index (χ4v) is 4.83. The summed E-state index contributed by atoms with van der Waals surface area (Å²) in [6.45, 7) is 0.514. The van der Waals surface area contributed by atoms with Crippen molar-refractivity contribution in [1.29, 1.82) is 0 Å². The average molecular weight is 618 g/mol. The quantitative estimate of drug-likeness (QED) is 0.120. The SMILES string of the molecule is O=C(O)c1ccc(N(Cc2cccc(CN(c3ccc(C(=O)O)cc3)c3ccc(C(=O)O)cc3)n2)c2ccc(C(=O)O)cc2)cc1. The second kappa shape index (κ2) is 13.4. The van der Waals surface area contributed by atoms with Gasteiger partial charge in [-0.2, -0.15) is 0 Å². The second-order valence-electron chi connectivity index (χ2n) is 10.2. The highest BCUT2D eigenvalue weighted by molar-refractivity contribution is 5.90. The standard InChI is InChI=1S/C35H27N3O8/c39-32(40)22-4-12-28(13-5-22)37(29-14-6-23(7-15-29)33(41)42)20-26-2-1-3-27(36-26)21-38(30-16-8-24(9-17-30)34(43)44)31-18-10-25(11-19-31)35(45)46/h1-19H,20-21H2,(H,39,40)(H,41,42)(H,43,44)(H,45,46). The van der Waals surface area contributed by atoms with Gasteiger partial charge in [0.1, 0.15) is 0 Å². The molecule has 0 aliphatic rings. The molecule has 4 N–H and O–H groups in total. The van der Waals surface area contributed by atoms with E-state index < -0.39 is 23.9 Å². The molecule has 4 aromatic carbocycles. The van der Waals surface area contributed by atoms with Gasteiger partial charge in [0.15, 0.2) is 0 Å². The molecule has 0 amide bonds. The zero-order valence-corrected chi connectivity index (χ0v) is 24.1. The maximum absolute atomic E-state index is 11.4. The van der Waals surface area contributed by atoms with Gasteiger partial charge in [-0.25, -0.2) is 19.2 Å². The van der Waals surface area contributed by atoms with E-state index in [9.17, 15) is 39.6 Å². The van der Waals surface area contributed by atoms with Gasteiger partial charge in [0.2, 0.25) is 0 Å².